The van der Waals surface area contributed by atoms with Crippen LogP contribution in [0.1, 0.15) is 57.2 Å². The van der Waals surface area contributed by atoms with E-state index in [4.69, 9.17) is 4.74 Å². The van der Waals surface area contributed by atoms with Gasteiger partial charge in [-0.25, -0.2) is 13.6 Å². The summed E-state index contributed by atoms with van der Waals surface area (Å²) in [4.78, 5) is 25.7. The lowest BCUT2D eigenvalue weighted by atomic mass is 9.77. The van der Waals surface area contributed by atoms with E-state index >= 15 is 0 Å². The Morgan fingerprint density at radius 1 is 1.11 bits per heavy atom. The van der Waals surface area contributed by atoms with Crippen molar-refractivity contribution in [1.82, 2.24) is 15.5 Å². The summed E-state index contributed by atoms with van der Waals surface area (Å²) < 4.78 is 32.4. The van der Waals surface area contributed by atoms with Crippen molar-refractivity contribution in [3.8, 4) is 0 Å². The van der Waals surface area contributed by atoms with Gasteiger partial charge in [-0.3, -0.25) is 4.79 Å². The van der Waals surface area contributed by atoms with Crippen molar-refractivity contribution in [3.63, 3.8) is 0 Å². The lowest BCUT2D eigenvalue weighted by molar-refractivity contribution is -0.120. The van der Waals surface area contributed by atoms with E-state index in [-0.39, 0.29) is 30.4 Å². The Hall–Kier alpha value is -3.04. The summed E-state index contributed by atoms with van der Waals surface area (Å²) in [5.41, 5.74) is 1.93. The molecule has 2 unspecified atom stereocenters. The maximum atomic E-state index is 13.8. The molecule has 2 amide bonds. The van der Waals surface area contributed by atoms with Crippen molar-refractivity contribution < 1.29 is 28.2 Å². The largest absolute Gasteiger partial charge is 0.453 e. The third-order valence-corrected chi connectivity index (χ3v) is 7.21. The van der Waals surface area contributed by atoms with Gasteiger partial charge in [0.1, 0.15) is 11.6 Å². The van der Waals surface area contributed by atoms with E-state index in [9.17, 15) is 23.5 Å². The molecule has 0 aliphatic carbocycles. The van der Waals surface area contributed by atoms with Crippen molar-refractivity contribution >= 4 is 12.0 Å². The van der Waals surface area contributed by atoms with Crippen LogP contribution in [-0.2, 0) is 26.9 Å². The van der Waals surface area contributed by atoms with Gasteiger partial charge in [0.15, 0.2) is 0 Å². The Balaban J connectivity index is 1.85. The molecule has 2 atom stereocenters. The summed E-state index contributed by atoms with van der Waals surface area (Å²) in [5.74, 6) is -1.79. The molecular formula is C29H39F2N3O4. The second kappa shape index (κ2) is 12.2. The predicted octanol–water partition coefficient (Wildman–Crippen LogP) is 4.02. The van der Waals surface area contributed by atoms with E-state index in [2.05, 4.69) is 43.5 Å². The number of likely N-dealkylation sites (tertiary alicyclic amines) is 1. The molecule has 1 aliphatic rings. The van der Waals surface area contributed by atoms with Crippen LogP contribution < -0.4 is 10.6 Å². The average Bonchev–Trinajstić information content (AvgIpc) is 2.85. The summed E-state index contributed by atoms with van der Waals surface area (Å²) in [6.07, 6.45) is -0.202. The number of aliphatic hydroxyl groups excluding tert-OH is 1. The van der Waals surface area contributed by atoms with Crippen LogP contribution in [0.3, 0.4) is 0 Å². The van der Waals surface area contributed by atoms with Crippen LogP contribution >= 0.6 is 0 Å². The first-order valence-electron chi connectivity index (χ1n) is 12.9. The van der Waals surface area contributed by atoms with Gasteiger partial charge in [-0.15, -0.1) is 0 Å². The average molecular weight is 532 g/mol. The van der Waals surface area contributed by atoms with Gasteiger partial charge in [0, 0.05) is 38.2 Å². The number of carbonyl (C=O) groups excluding carboxylic acids is 2. The molecule has 0 bridgehead atoms. The molecule has 7 nitrogen and oxygen atoms in total. The zero-order valence-corrected chi connectivity index (χ0v) is 22.8. The Morgan fingerprint density at radius 2 is 1.74 bits per heavy atom. The van der Waals surface area contributed by atoms with Gasteiger partial charge in [0.05, 0.1) is 19.3 Å². The molecule has 9 heteroatoms. The van der Waals surface area contributed by atoms with Gasteiger partial charge < -0.3 is 25.4 Å². The molecule has 1 aliphatic heterocycles. The van der Waals surface area contributed by atoms with Gasteiger partial charge in [0.2, 0.25) is 5.91 Å². The maximum Gasteiger partial charge on any atom is 0.409 e. The first-order valence-corrected chi connectivity index (χ1v) is 12.9. The first kappa shape index (κ1) is 29.5. The highest BCUT2D eigenvalue weighted by Crippen LogP contribution is 2.35. The van der Waals surface area contributed by atoms with Gasteiger partial charge in [0.25, 0.3) is 0 Å². The molecular weight excluding hydrogens is 492 g/mol. The number of amides is 2. The fourth-order valence-electron chi connectivity index (χ4n) is 5.02. The van der Waals surface area contributed by atoms with Crippen LogP contribution in [0.4, 0.5) is 13.6 Å². The molecule has 1 saturated heterocycles. The number of hydrogen-bond donors (Lipinski definition) is 3. The minimum atomic E-state index is -1.05. The summed E-state index contributed by atoms with van der Waals surface area (Å²) in [7, 11) is 1.36. The standard InChI is InChI=1S/C29H39F2N3O4/c1-19(35)33-25(15-20-13-23(30)17-24(31)14-20)26(36)18-32-29(9-11-34(12-10-29)27(37)38-5)22-8-6-7-21(16-22)28(2,3)4/h6-8,13-14,16-17,25-26,32,36H,9-12,15,18H2,1-5H3,(H,33,35). The number of rotatable bonds is 8. The highest BCUT2D eigenvalue weighted by molar-refractivity contribution is 5.73. The first-order chi connectivity index (χ1) is 17.8. The summed E-state index contributed by atoms with van der Waals surface area (Å²) in [6.45, 7) is 8.80. The maximum absolute atomic E-state index is 13.8. The minimum absolute atomic E-state index is 0.0553. The van der Waals surface area contributed by atoms with Crippen molar-refractivity contribution in [2.24, 2.45) is 0 Å². The highest BCUT2D eigenvalue weighted by atomic mass is 19.1. The highest BCUT2D eigenvalue weighted by Gasteiger charge is 2.39. The second-order valence-electron chi connectivity index (χ2n) is 11.1. The molecule has 1 fully saturated rings. The normalized spacial score (nSPS) is 17.0. The number of carbonyl (C=O) groups is 2. The van der Waals surface area contributed by atoms with Crippen LogP contribution in [0.25, 0.3) is 0 Å². The number of nitrogens with zero attached hydrogens (tertiary/aromatic N) is 1. The van der Waals surface area contributed by atoms with Crippen LogP contribution in [0.15, 0.2) is 42.5 Å². The van der Waals surface area contributed by atoms with Gasteiger partial charge in [-0.2, -0.15) is 0 Å². The van der Waals surface area contributed by atoms with E-state index in [1.54, 1.807) is 4.90 Å². The Kier molecular flexibility index (Phi) is 9.49. The Bertz CT molecular complexity index is 1110. The van der Waals surface area contributed by atoms with Crippen molar-refractivity contribution in [2.45, 2.75) is 70.1 Å². The zero-order valence-electron chi connectivity index (χ0n) is 22.8. The molecule has 0 spiro atoms. The van der Waals surface area contributed by atoms with Crippen molar-refractivity contribution in [3.05, 3.63) is 70.8 Å². The minimum Gasteiger partial charge on any atom is -0.453 e. The van der Waals surface area contributed by atoms with E-state index in [1.165, 1.54) is 26.2 Å². The van der Waals surface area contributed by atoms with Crippen LogP contribution in [0.2, 0.25) is 0 Å². The number of halogens is 2. The van der Waals surface area contributed by atoms with Gasteiger partial charge >= 0.3 is 6.09 Å². The number of methoxy groups -OCH3 is 1. The number of benzene rings is 2. The van der Waals surface area contributed by atoms with E-state index in [0.29, 0.717) is 31.5 Å². The molecule has 0 radical (unpaired) electrons. The number of nitrogens with one attached hydrogen (secondary N) is 2. The fraction of sp³-hybridized carbons (Fsp3) is 0.517. The molecule has 3 rings (SSSR count). The molecule has 0 aromatic heterocycles. The molecule has 2 aromatic rings. The van der Waals surface area contributed by atoms with E-state index in [0.717, 1.165) is 17.2 Å². The summed E-state index contributed by atoms with van der Waals surface area (Å²) >= 11 is 0. The van der Waals surface area contributed by atoms with Crippen molar-refractivity contribution in [2.75, 3.05) is 26.7 Å². The third-order valence-electron chi connectivity index (χ3n) is 7.21. The quantitative estimate of drug-likeness (QED) is 0.479. The fourth-order valence-corrected chi connectivity index (χ4v) is 5.02. The molecule has 208 valence electrons. The van der Waals surface area contributed by atoms with Crippen LogP contribution in [0, 0.1) is 11.6 Å². The van der Waals surface area contributed by atoms with Gasteiger partial charge in [-0.05, 0) is 53.5 Å². The zero-order chi connectivity index (χ0) is 28.1. The molecule has 2 aromatic carbocycles. The Labute approximate surface area is 223 Å². The van der Waals surface area contributed by atoms with Gasteiger partial charge in [-0.1, -0.05) is 45.0 Å². The second-order valence-corrected chi connectivity index (χ2v) is 11.1. The summed E-state index contributed by atoms with van der Waals surface area (Å²) in [5, 5.41) is 17.4. The molecule has 3 N–H and O–H groups in total. The topological polar surface area (TPSA) is 90.9 Å². The number of hydrogen-bond acceptors (Lipinski definition) is 5. The molecule has 1 heterocycles. The van der Waals surface area contributed by atoms with Crippen LogP contribution in [-0.4, -0.2) is 60.9 Å². The number of ether oxygens (including phenoxy) is 1. The third kappa shape index (κ3) is 7.51. The van der Waals surface area contributed by atoms with E-state index < -0.39 is 29.3 Å². The molecule has 0 saturated carbocycles. The lowest BCUT2D eigenvalue weighted by Crippen LogP contribution is -2.56. The predicted molar refractivity (Wildman–Crippen MR) is 142 cm³/mol. The number of aliphatic hydroxyl groups is 1. The lowest BCUT2D eigenvalue weighted by Gasteiger charge is -2.43. The Morgan fingerprint density at radius 3 is 2.29 bits per heavy atom. The number of piperidine rings is 1. The molecule has 38 heavy (non-hydrogen) atoms. The smallest absolute Gasteiger partial charge is 0.409 e. The monoisotopic (exact) mass is 531 g/mol. The van der Waals surface area contributed by atoms with E-state index in [1.807, 2.05) is 12.1 Å². The summed E-state index contributed by atoms with van der Waals surface area (Å²) in [6, 6.07) is 10.7. The SMILES string of the molecule is COC(=O)N1CCC(NCC(O)C(Cc2cc(F)cc(F)c2)NC(C)=O)(c2cccc(C(C)(C)C)c2)CC1. The van der Waals surface area contributed by atoms with Crippen molar-refractivity contribution in [1.29, 1.82) is 0 Å². The van der Waals surface area contributed by atoms with Crippen LogP contribution in [0.5, 0.6) is 0 Å².